The van der Waals surface area contributed by atoms with E-state index in [-0.39, 0.29) is 0 Å². The molecule has 0 spiro atoms. The Morgan fingerprint density at radius 3 is 1.86 bits per heavy atom. The minimum atomic E-state index is -1.99. The van der Waals surface area contributed by atoms with Crippen LogP contribution in [0.2, 0.25) is 16.6 Å². The van der Waals surface area contributed by atoms with Crippen molar-refractivity contribution in [2.45, 2.75) is 102 Å². The zero-order valence-electron chi connectivity index (χ0n) is 14.6. The number of hydrogen-bond acceptors (Lipinski definition) is 3. The van der Waals surface area contributed by atoms with Crippen LogP contribution in [0.15, 0.2) is 0 Å². The lowest BCUT2D eigenvalue weighted by molar-refractivity contribution is -0.212. The van der Waals surface area contributed by atoms with Gasteiger partial charge in [0.15, 0.2) is 6.29 Å². The van der Waals surface area contributed by atoms with Gasteiger partial charge in [0.05, 0.1) is 6.10 Å². The summed E-state index contributed by atoms with van der Waals surface area (Å²) in [6, 6.07) is 0. The molecule has 1 N–H and O–H groups in total. The number of aliphatic hydroxyl groups excluding tert-OH is 1. The van der Waals surface area contributed by atoms with Crippen LogP contribution >= 0.6 is 0 Å². The molecule has 1 saturated heterocycles. The van der Waals surface area contributed by atoms with Crippen LogP contribution in [0.4, 0.5) is 0 Å². The molecule has 21 heavy (non-hydrogen) atoms. The van der Waals surface area contributed by atoms with Crippen molar-refractivity contribution < 1.29 is 14.3 Å². The quantitative estimate of drug-likeness (QED) is 0.736. The van der Waals surface area contributed by atoms with E-state index >= 15 is 0 Å². The molecule has 2 fully saturated rings. The van der Waals surface area contributed by atoms with Gasteiger partial charge in [0, 0.05) is 0 Å². The number of ether oxygens (including phenoxy) is 1. The van der Waals surface area contributed by atoms with Gasteiger partial charge in [-0.1, -0.05) is 41.5 Å². The fourth-order valence-corrected chi connectivity index (χ4v) is 9.76. The zero-order chi connectivity index (χ0) is 15.8. The van der Waals surface area contributed by atoms with Gasteiger partial charge in [-0.05, 0) is 48.2 Å². The van der Waals surface area contributed by atoms with Crippen LogP contribution in [0, 0.1) is 5.92 Å². The lowest BCUT2D eigenvalue weighted by Crippen LogP contribution is -2.55. The van der Waals surface area contributed by atoms with Crippen molar-refractivity contribution in [3.8, 4) is 0 Å². The maximum absolute atomic E-state index is 10.4. The summed E-state index contributed by atoms with van der Waals surface area (Å²) >= 11 is 0. The van der Waals surface area contributed by atoms with E-state index in [9.17, 15) is 5.11 Å². The van der Waals surface area contributed by atoms with E-state index in [4.69, 9.17) is 9.16 Å². The molecule has 0 aromatic rings. The van der Waals surface area contributed by atoms with Gasteiger partial charge >= 0.3 is 0 Å². The summed E-state index contributed by atoms with van der Waals surface area (Å²) in [5, 5.41) is 10.4. The molecule has 0 aromatic carbocycles. The number of hydrogen-bond donors (Lipinski definition) is 1. The van der Waals surface area contributed by atoms with E-state index < -0.39 is 20.7 Å². The van der Waals surface area contributed by atoms with Gasteiger partial charge in [0.2, 0.25) is 8.32 Å². The van der Waals surface area contributed by atoms with Crippen LogP contribution in [0.3, 0.4) is 0 Å². The average Bonchev–Trinajstić information content (AvgIpc) is 3.20. The topological polar surface area (TPSA) is 38.7 Å². The molecule has 1 aliphatic carbocycles. The second-order valence-corrected chi connectivity index (χ2v) is 13.4. The first-order valence-corrected chi connectivity index (χ1v) is 10.9. The Kier molecular flexibility index (Phi) is 5.56. The highest BCUT2D eigenvalue weighted by molar-refractivity contribution is 6.77. The summed E-state index contributed by atoms with van der Waals surface area (Å²) in [7, 11) is -1.99. The molecule has 0 amide bonds. The first-order valence-electron chi connectivity index (χ1n) is 8.80. The minimum absolute atomic E-state index is 0.316. The predicted octanol–water partition coefficient (Wildman–Crippen LogP) is 4.45. The molecule has 0 radical (unpaired) electrons. The van der Waals surface area contributed by atoms with E-state index in [1.807, 2.05) is 0 Å². The Labute approximate surface area is 131 Å². The summed E-state index contributed by atoms with van der Waals surface area (Å²) in [6.45, 7) is 13.7. The Morgan fingerprint density at radius 2 is 1.43 bits per heavy atom. The highest BCUT2D eigenvalue weighted by Crippen LogP contribution is 2.45. The zero-order valence-corrected chi connectivity index (χ0v) is 15.6. The van der Waals surface area contributed by atoms with Gasteiger partial charge < -0.3 is 14.3 Å². The van der Waals surface area contributed by atoms with Gasteiger partial charge in [0.1, 0.15) is 6.10 Å². The fraction of sp³-hybridized carbons (Fsp3) is 1.00. The van der Waals surface area contributed by atoms with E-state index in [1.165, 1.54) is 12.8 Å². The lowest BCUT2D eigenvalue weighted by Gasteiger charge is -2.47. The van der Waals surface area contributed by atoms with Crippen LogP contribution in [-0.2, 0) is 9.16 Å². The average molecular weight is 315 g/mol. The molecule has 3 nitrogen and oxygen atoms in total. The highest BCUT2D eigenvalue weighted by Gasteiger charge is 2.49. The van der Waals surface area contributed by atoms with E-state index in [0.717, 1.165) is 18.8 Å². The minimum Gasteiger partial charge on any atom is -0.390 e. The molecule has 1 saturated carbocycles. The summed E-state index contributed by atoms with van der Waals surface area (Å²) in [6.07, 6.45) is 3.85. The fourth-order valence-electron chi connectivity index (χ4n) is 4.33. The van der Waals surface area contributed by atoms with Crippen LogP contribution < -0.4 is 0 Å². The molecule has 1 aliphatic heterocycles. The van der Waals surface area contributed by atoms with Crippen LogP contribution in [0.25, 0.3) is 0 Å². The molecule has 4 heteroatoms. The van der Waals surface area contributed by atoms with Crippen molar-refractivity contribution in [3.05, 3.63) is 0 Å². The van der Waals surface area contributed by atoms with Gasteiger partial charge in [-0.2, -0.15) is 0 Å². The normalized spacial score (nSPS) is 31.4. The molecule has 0 aromatic heterocycles. The summed E-state index contributed by atoms with van der Waals surface area (Å²) in [5.41, 5.74) is 1.57. The van der Waals surface area contributed by atoms with Gasteiger partial charge in [-0.3, -0.25) is 0 Å². The predicted molar refractivity (Wildman–Crippen MR) is 88.8 cm³/mol. The standard InChI is InChI=1S/C17H34O3Si/c1-11(2)21(12(3)4,13(5)6)20-17-15(18)9-10-16(19-17)14-7-8-14/h11-18H,7-10H2,1-6H3/t15-,16+,17+/m1/s1. The van der Waals surface area contributed by atoms with Gasteiger partial charge in [0.25, 0.3) is 0 Å². The third-order valence-corrected chi connectivity index (χ3v) is 11.6. The molecular weight excluding hydrogens is 280 g/mol. The van der Waals surface area contributed by atoms with E-state index in [1.54, 1.807) is 0 Å². The highest BCUT2D eigenvalue weighted by atomic mass is 28.4. The van der Waals surface area contributed by atoms with Crippen molar-refractivity contribution in [2.24, 2.45) is 5.92 Å². The Balaban J connectivity index is 2.13. The summed E-state index contributed by atoms with van der Waals surface area (Å²) in [5.74, 6) is 0.719. The van der Waals surface area contributed by atoms with Crippen LogP contribution in [0.1, 0.15) is 67.2 Å². The molecular formula is C17H34O3Si. The molecule has 124 valence electrons. The van der Waals surface area contributed by atoms with Crippen molar-refractivity contribution in [2.75, 3.05) is 0 Å². The van der Waals surface area contributed by atoms with E-state index in [0.29, 0.717) is 22.7 Å². The molecule has 0 unspecified atom stereocenters. The summed E-state index contributed by atoms with van der Waals surface area (Å²) < 4.78 is 12.8. The maximum atomic E-state index is 10.4. The second-order valence-electron chi connectivity index (χ2n) is 7.96. The first kappa shape index (κ1) is 17.5. The summed E-state index contributed by atoms with van der Waals surface area (Å²) in [4.78, 5) is 0. The van der Waals surface area contributed by atoms with Crippen molar-refractivity contribution in [1.29, 1.82) is 0 Å². The van der Waals surface area contributed by atoms with E-state index in [2.05, 4.69) is 41.5 Å². The monoisotopic (exact) mass is 314 g/mol. The molecule has 1 heterocycles. The van der Waals surface area contributed by atoms with Crippen molar-refractivity contribution >= 4 is 8.32 Å². The number of aliphatic hydroxyl groups is 1. The Hall–Kier alpha value is 0.0969. The smallest absolute Gasteiger partial charge is 0.203 e. The second kappa shape index (κ2) is 6.69. The molecule has 2 aliphatic rings. The lowest BCUT2D eigenvalue weighted by atomic mass is 10.0. The third-order valence-electron chi connectivity index (χ3n) is 5.55. The Morgan fingerprint density at radius 1 is 0.905 bits per heavy atom. The van der Waals surface area contributed by atoms with Crippen LogP contribution in [0.5, 0.6) is 0 Å². The SMILES string of the molecule is CC(C)[Si](O[C@@H]1O[C@H](C2CC2)CC[C@H]1O)(C(C)C)C(C)C. The molecule has 2 rings (SSSR count). The Bertz CT molecular complexity index is 317. The van der Waals surface area contributed by atoms with Gasteiger partial charge in [-0.15, -0.1) is 0 Å². The number of rotatable bonds is 6. The van der Waals surface area contributed by atoms with Gasteiger partial charge in [-0.25, -0.2) is 0 Å². The third kappa shape index (κ3) is 3.54. The largest absolute Gasteiger partial charge is 0.390 e. The van der Waals surface area contributed by atoms with Crippen molar-refractivity contribution in [3.63, 3.8) is 0 Å². The maximum Gasteiger partial charge on any atom is 0.203 e. The molecule has 0 bridgehead atoms. The van der Waals surface area contributed by atoms with Crippen molar-refractivity contribution in [1.82, 2.24) is 0 Å². The first-order chi connectivity index (χ1) is 9.79. The molecule has 3 atom stereocenters. The van der Waals surface area contributed by atoms with Crippen LogP contribution in [-0.4, -0.2) is 31.9 Å².